The molecule has 3 aromatic rings. The molecule has 0 radical (unpaired) electrons. The average molecular weight is 385 g/mol. The van der Waals surface area contributed by atoms with Gasteiger partial charge in [0.15, 0.2) is 6.04 Å². The van der Waals surface area contributed by atoms with Gasteiger partial charge in [-0.05, 0) is 66.1 Å². The van der Waals surface area contributed by atoms with Gasteiger partial charge in [-0.25, -0.2) is 4.79 Å². The number of aliphatic carboxylic acids is 1. The van der Waals surface area contributed by atoms with Crippen LogP contribution in [0.25, 0.3) is 11.1 Å². The summed E-state index contributed by atoms with van der Waals surface area (Å²) < 4.78 is 0. The lowest BCUT2D eigenvalue weighted by Crippen LogP contribution is -2.20. The van der Waals surface area contributed by atoms with E-state index in [0.29, 0.717) is 16.8 Å². The number of nitrogens with zero attached hydrogens (tertiary/aromatic N) is 2. The van der Waals surface area contributed by atoms with Crippen LogP contribution in [0.3, 0.4) is 0 Å². The first-order valence-corrected chi connectivity index (χ1v) is 9.26. The minimum Gasteiger partial charge on any atom is -0.479 e. The Labute approximate surface area is 170 Å². The van der Waals surface area contributed by atoms with Crippen molar-refractivity contribution < 1.29 is 9.90 Å². The lowest BCUT2D eigenvalue weighted by atomic mass is 9.96. The van der Waals surface area contributed by atoms with Crippen LogP contribution in [-0.4, -0.2) is 25.2 Å². The lowest BCUT2D eigenvalue weighted by Gasteiger charge is -2.18. The van der Waals surface area contributed by atoms with Gasteiger partial charge in [0.25, 0.3) is 0 Å². The number of nitrogens with one attached hydrogen (secondary N) is 1. The molecular weight excluding hydrogens is 362 g/mol. The number of carboxylic acids is 1. The Bertz CT molecular complexity index is 1050. The highest BCUT2D eigenvalue weighted by Gasteiger charge is 2.21. The third-order valence-corrected chi connectivity index (χ3v) is 4.72. The van der Waals surface area contributed by atoms with E-state index >= 15 is 0 Å². The summed E-state index contributed by atoms with van der Waals surface area (Å²) in [5.74, 6) is -0.964. The number of benzene rings is 3. The first-order chi connectivity index (χ1) is 13.9. The Hall–Kier alpha value is -3.78. The summed E-state index contributed by atoms with van der Waals surface area (Å²) in [4.78, 5) is 14.0. The number of nitriles is 1. The first-order valence-electron chi connectivity index (χ1n) is 9.26. The highest BCUT2D eigenvalue weighted by atomic mass is 16.4. The molecule has 0 aromatic heterocycles. The van der Waals surface area contributed by atoms with E-state index in [1.165, 1.54) is 0 Å². The molecule has 1 unspecified atom stereocenters. The van der Waals surface area contributed by atoms with E-state index < -0.39 is 12.0 Å². The van der Waals surface area contributed by atoms with Crippen LogP contribution in [0.5, 0.6) is 0 Å². The van der Waals surface area contributed by atoms with Crippen molar-refractivity contribution in [3.8, 4) is 17.2 Å². The zero-order chi connectivity index (χ0) is 21.0. The van der Waals surface area contributed by atoms with Gasteiger partial charge < -0.3 is 15.3 Å². The maximum Gasteiger partial charge on any atom is 0.330 e. The van der Waals surface area contributed by atoms with E-state index in [2.05, 4.69) is 17.5 Å². The third-order valence-electron chi connectivity index (χ3n) is 4.72. The fourth-order valence-electron chi connectivity index (χ4n) is 3.19. The molecule has 2 N–H and O–H groups in total. The SMILES string of the molecule is Cc1cc(-c2ccc(N(C)C)cc2)cc(C(Nc2ccc(C#N)cc2)C(=O)O)c1. The molecule has 0 aliphatic heterocycles. The van der Waals surface area contributed by atoms with Gasteiger partial charge in [-0.15, -0.1) is 0 Å². The molecule has 0 fully saturated rings. The molecule has 3 aromatic carbocycles. The zero-order valence-electron chi connectivity index (χ0n) is 16.7. The molecule has 0 spiro atoms. The predicted molar refractivity (Wildman–Crippen MR) is 116 cm³/mol. The van der Waals surface area contributed by atoms with Gasteiger partial charge in [0.1, 0.15) is 0 Å². The minimum absolute atomic E-state index is 0.529. The van der Waals surface area contributed by atoms with Crippen molar-refractivity contribution in [1.82, 2.24) is 0 Å². The largest absolute Gasteiger partial charge is 0.479 e. The molecule has 146 valence electrons. The Balaban J connectivity index is 1.94. The van der Waals surface area contributed by atoms with Gasteiger partial charge in [-0.1, -0.05) is 29.8 Å². The molecule has 0 heterocycles. The number of hydrogen-bond acceptors (Lipinski definition) is 4. The summed E-state index contributed by atoms with van der Waals surface area (Å²) >= 11 is 0. The van der Waals surface area contributed by atoms with Crippen molar-refractivity contribution in [2.24, 2.45) is 0 Å². The summed E-state index contributed by atoms with van der Waals surface area (Å²) in [7, 11) is 3.98. The summed E-state index contributed by atoms with van der Waals surface area (Å²) in [6.07, 6.45) is 0. The zero-order valence-corrected chi connectivity index (χ0v) is 16.7. The highest BCUT2D eigenvalue weighted by molar-refractivity contribution is 5.80. The molecule has 5 heteroatoms. The number of aryl methyl sites for hydroxylation is 1. The quantitative estimate of drug-likeness (QED) is 0.635. The van der Waals surface area contributed by atoms with E-state index in [-0.39, 0.29) is 0 Å². The molecule has 29 heavy (non-hydrogen) atoms. The molecule has 0 aliphatic rings. The average Bonchev–Trinajstić information content (AvgIpc) is 2.71. The molecule has 0 amide bonds. The number of carboxylic acid groups (broad SMARTS) is 1. The Kier molecular flexibility index (Phi) is 5.85. The van der Waals surface area contributed by atoms with Gasteiger partial charge in [0, 0.05) is 25.5 Å². The van der Waals surface area contributed by atoms with E-state index in [0.717, 1.165) is 22.4 Å². The van der Waals surface area contributed by atoms with Crippen LogP contribution in [0.2, 0.25) is 0 Å². The Morgan fingerprint density at radius 2 is 1.66 bits per heavy atom. The third kappa shape index (κ3) is 4.74. The molecule has 0 aliphatic carbocycles. The van der Waals surface area contributed by atoms with Gasteiger partial charge in [-0.2, -0.15) is 5.26 Å². The molecule has 5 nitrogen and oxygen atoms in total. The number of hydrogen-bond donors (Lipinski definition) is 2. The van der Waals surface area contributed by atoms with Crippen LogP contribution in [0.1, 0.15) is 22.7 Å². The second kappa shape index (κ2) is 8.49. The summed E-state index contributed by atoms with van der Waals surface area (Å²) in [5.41, 5.74) is 5.95. The minimum atomic E-state index is -0.964. The van der Waals surface area contributed by atoms with E-state index in [4.69, 9.17) is 5.26 Å². The normalized spacial score (nSPS) is 11.4. The number of anilines is 2. The first kappa shape index (κ1) is 20.0. The highest BCUT2D eigenvalue weighted by Crippen LogP contribution is 2.29. The molecule has 3 rings (SSSR count). The van der Waals surface area contributed by atoms with Crippen LogP contribution in [0.4, 0.5) is 11.4 Å². The fraction of sp³-hybridized carbons (Fsp3) is 0.167. The number of carbonyl (C=O) groups is 1. The molecule has 1 atom stereocenters. The van der Waals surface area contributed by atoms with Crippen LogP contribution in [-0.2, 0) is 4.79 Å². The summed E-state index contributed by atoms with van der Waals surface area (Å²) in [5, 5.41) is 21.8. The maximum atomic E-state index is 12.0. The van der Waals surface area contributed by atoms with Crippen molar-refractivity contribution in [2.75, 3.05) is 24.3 Å². The van der Waals surface area contributed by atoms with E-state index in [9.17, 15) is 9.90 Å². The maximum absolute atomic E-state index is 12.0. The predicted octanol–water partition coefficient (Wildman–Crippen LogP) is 4.84. The Morgan fingerprint density at radius 3 is 2.21 bits per heavy atom. The molecule has 0 saturated carbocycles. The second-order valence-corrected chi connectivity index (χ2v) is 7.18. The van der Waals surface area contributed by atoms with Gasteiger partial charge in [0.05, 0.1) is 11.6 Å². The number of rotatable bonds is 6. The van der Waals surface area contributed by atoms with Crippen molar-refractivity contribution in [3.63, 3.8) is 0 Å². The fourth-order valence-corrected chi connectivity index (χ4v) is 3.19. The standard InChI is InChI=1S/C24H23N3O2/c1-16-12-19(18-6-10-22(11-7-18)27(2)3)14-20(13-16)23(24(28)29)26-21-8-4-17(15-25)5-9-21/h4-14,23,26H,1-3H3,(H,28,29). The van der Waals surface area contributed by atoms with Crippen LogP contribution < -0.4 is 10.2 Å². The molecule has 0 saturated heterocycles. The monoisotopic (exact) mass is 385 g/mol. The van der Waals surface area contributed by atoms with E-state index in [1.54, 1.807) is 24.3 Å². The van der Waals surface area contributed by atoms with Crippen molar-refractivity contribution in [2.45, 2.75) is 13.0 Å². The molecule has 0 bridgehead atoms. The van der Waals surface area contributed by atoms with Crippen LogP contribution in [0, 0.1) is 18.3 Å². The Morgan fingerprint density at radius 1 is 1.00 bits per heavy atom. The smallest absolute Gasteiger partial charge is 0.330 e. The van der Waals surface area contributed by atoms with E-state index in [1.807, 2.05) is 62.3 Å². The van der Waals surface area contributed by atoms with Crippen LogP contribution in [0.15, 0.2) is 66.7 Å². The van der Waals surface area contributed by atoms with Crippen molar-refractivity contribution >= 4 is 17.3 Å². The van der Waals surface area contributed by atoms with Crippen molar-refractivity contribution in [3.05, 3.63) is 83.4 Å². The lowest BCUT2D eigenvalue weighted by molar-refractivity contribution is -0.138. The topological polar surface area (TPSA) is 76.4 Å². The van der Waals surface area contributed by atoms with Crippen molar-refractivity contribution in [1.29, 1.82) is 5.26 Å². The van der Waals surface area contributed by atoms with Gasteiger partial charge >= 0.3 is 5.97 Å². The van der Waals surface area contributed by atoms with Gasteiger partial charge in [0.2, 0.25) is 0 Å². The van der Waals surface area contributed by atoms with Crippen LogP contribution >= 0.6 is 0 Å². The summed E-state index contributed by atoms with van der Waals surface area (Å²) in [6.45, 7) is 1.96. The molecular formula is C24H23N3O2. The second-order valence-electron chi connectivity index (χ2n) is 7.18. The summed E-state index contributed by atoms with van der Waals surface area (Å²) in [6, 6.07) is 21.9. The van der Waals surface area contributed by atoms with Gasteiger partial charge in [-0.3, -0.25) is 0 Å².